The van der Waals surface area contributed by atoms with E-state index in [9.17, 15) is 9.59 Å². The number of nitrogens with zero attached hydrogens (tertiary/aromatic N) is 2. The van der Waals surface area contributed by atoms with E-state index in [1.807, 2.05) is 6.07 Å². The summed E-state index contributed by atoms with van der Waals surface area (Å²) in [7, 11) is 0. The lowest BCUT2D eigenvalue weighted by Crippen LogP contribution is -2.43. The Morgan fingerprint density at radius 2 is 1.73 bits per heavy atom. The maximum Gasteiger partial charge on any atom is 0.324 e. The van der Waals surface area contributed by atoms with Gasteiger partial charge in [0.1, 0.15) is 0 Å². The second-order valence-corrected chi connectivity index (χ2v) is 6.89. The minimum absolute atomic E-state index is 0.120. The molecule has 0 radical (unpaired) electrons. The fraction of sp³-hybridized carbons (Fsp3) is 0.333. The van der Waals surface area contributed by atoms with Crippen molar-refractivity contribution in [1.29, 1.82) is 0 Å². The molecule has 0 aliphatic carbocycles. The molecule has 2 aromatic carbocycles. The van der Waals surface area contributed by atoms with Crippen LogP contribution in [-0.2, 0) is 17.6 Å². The van der Waals surface area contributed by atoms with Gasteiger partial charge in [0.15, 0.2) is 0 Å². The number of carbonyl (C=O) groups excluding carboxylic acids is 2. The fourth-order valence-electron chi connectivity index (χ4n) is 3.96. The highest BCUT2D eigenvalue weighted by molar-refractivity contribution is 6.01. The number of fused-ring (bicyclic) bond motifs is 1. The first-order valence-electron chi connectivity index (χ1n) is 9.16. The third-order valence-corrected chi connectivity index (χ3v) is 5.34. The Bertz CT molecular complexity index is 790. The molecule has 1 atom stereocenters. The molecule has 2 heterocycles. The molecule has 2 aliphatic rings. The Kier molecular flexibility index (Phi) is 4.71. The van der Waals surface area contributed by atoms with Crippen molar-refractivity contribution >= 4 is 11.9 Å². The van der Waals surface area contributed by atoms with Crippen molar-refractivity contribution in [2.24, 2.45) is 0 Å². The first-order valence-corrected chi connectivity index (χ1v) is 9.16. The molecule has 0 saturated carbocycles. The molecule has 26 heavy (non-hydrogen) atoms. The van der Waals surface area contributed by atoms with Crippen LogP contribution in [0, 0.1) is 0 Å². The Morgan fingerprint density at radius 1 is 0.962 bits per heavy atom. The van der Waals surface area contributed by atoms with Gasteiger partial charge in [0.2, 0.25) is 5.91 Å². The summed E-state index contributed by atoms with van der Waals surface area (Å²) >= 11 is 0. The number of benzene rings is 2. The van der Waals surface area contributed by atoms with Crippen LogP contribution >= 0.6 is 0 Å². The highest BCUT2D eigenvalue weighted by atomic mass is 16.2. The van der Waals surface area contributed by atoms with Gasteiger partial charge in [-0.3, -0.25) is 14.6 Å². The Morgan fingerprint density at radius 3 is 2.50 bits per heavy atom. The zero-order valence-electron chi connectivity index (χ0n) is 14.7. The van der Waals surface area contributed by atoms with Crippen LogP contribution in [0.1, 0.15) is 22.7 Å². The summed E-state index contributed by atoms with van der Waals surface area (Å²) in [5.74, 6) is -0.132. The molecule has 0 unspecified atom stereocenters. The lowest BCUT2D eigenvalue weighted by molar-refractivity contribution is -0.125. The van der Waals surface area contributed by atoms with E-state index >= 15 is 0 Å². The van der Waals surface area contributed by atoms with Crippen molar-refractivity contribution in [1.82, 2.24) is 15.1 Å². The standard InChI is InChI=1S/C21H23N3O2/c25-20-15-22-21(26)24(20)13-12-23-11-10-17-8-4-5-9-18(17)19(23)14-16-6-2-1-3-7-16/h1-9,19H,10-15H2,(H,22,26)/t19-/m1/s1. The molecule has 2 aliphatic heterocycles. The summed E-state index contributed by atoms with van der Waals surface area (Å²) in [6.07, 6.45) is 1.93. The number of hydrogen-bond acceptors (Lipinski definition) is 3. The largest absolute Gasteiger partial charge is 0.329 e. The molecule has 3 amide bonds. The van der Waals surface area contributed by atoms with E-state index in [1.165, 1.54) is 21.6 Å². The van der Waals surface area contributed by atoms with Crippen molar-refractivity contribution < 1.29 is 9.59 Å². The summed E-state index contributed by atoms with van der Waals surface area (Å²) in [6.45, 7) is 2.20. The van der Waals surface area contributed by atoms with E-state index in [4.69, 9.17) is 0 Å². The number of nitrogens with one attached hydrogen (secondary N) is 1. The molecule has 4 rings (SSSR count). The Hall–Kier alpha value is -2.66. The average molecular weight is 349 g/mol. The summed E-state index contributed by atoms with van der Waals surface area (Å²) in [4.78, 5) is 27.4. The van der Waals surface area contributed by atoms with Crippen LogP contribution in [0.3, 0.4) is 0 Å². The molecule has 1 saturated heterocycles. The third-order valence-electron chi connectivity index (χ3n) is 5.34. The molecule has 134 valence electrons. The van der Waals surface area contributed by atoms with Gasteiger partial charge < -0.3 is 5.32 Å². The maximum atomic E-state index is 11.9. The van der Waals surface area contributed by atoms with Crippen LogP contribution in [0.4, 0.5) is 4.79 Å². The van der Waals surface area contributed by atoms with E-state index in [2.05, 4.69) is 58.7 Å². The average Bonchev–Trinajstić information content (AvgIpc) is 3.00. The molecule has 1 fully saturated rings. The van der Waals surface area contributed by atoms with Gasteiger partial charge in [0.05, 0.1) is 6.54 Å². The second kappa shape index (κ2) is 7.30. The highest BCUT2D eigenvalue weighted by Crippen LogP contribution is 2.32. The second-order valence-electron chi connectivity index (χ2n) is 6.89. The summed E-state index contributed by atoms with van der Waals surface area (Å²) < 4.78 is 0. The van der Waals surface area contributed by atoms with Gasteiger partial charge in [-0.05, 0) is 29.5 Å². The zero-order chi connectivity index (χ0) is 17.9. The van der Waals surface area contributed by atoms with Gasteiger partial charge in [0, 0.05) is 25.7 Å². The maximum absolute atomic E-state index is 11.9. The Balaban J connectivity index is 1.54. The lowest BCUT2D eigenvalue weighted by Gasteiger charge is -2.38. The first kappa shape index (κ1) is 16.8. The fourth-order valence-corrected chi connectivity index (χ4v) is 3.96. The van der Waals surface area contributed by atoms with Crippen molar-refractivity contribution in [2.75, 3.05) is 26.2 Å². The van der Waals surface area contributed by atoms with Crippen LogP contribution in [0.5, 0.6) is 0 Å². The molecule has 5 nitrogen and oxygen atoms in total. The molecule has 1 N–H and O–H groups in total. The van der Waals surface area contributed by atoms with Gasteiger partial charge in [-0.15, -0.1) is 0 Å². The molecular formula is C21H23N3O2. The first-order chi connectivity index (χ1) is 12.7. The van der Waals surface area contributed by atoms with E-state index in [0.29, 0.717) is 13.1 Å². The normalized spacial score (nSPS) is 20.2. The predicted octanol–water partition coefficient (Wildman–Crippen LogP) is 2.38. The molecule has 0 aromatic heterocycles. The number of rotatable bonds is 5. The lowest BCUT2D eigenvalue weighted by atomic mass is 9.88. The van der Waals surface area contributed by atoms with Gasteiger partial charge in [-0.1, -0.05) is 54.6 Å². The van der Waals surface area contributed by atoms with E-state index in [0.717, 1.165) is 19.4 Å². The molecule has 2 aromatic rings. The highest BCUT2D eigenvalue weighted by Gasteiger charge is 2.31. The van der Waals surface area contributed by atoms with Gasteiger partial charge >= 0.3 is 6.03 Å². The van der Waals surface area contributed by atoms with Gasteiger partial charge in [0.25, 0.3) is 0 Å². The van der Waals surface area contributed by atoms with E-state index in [-0.39, 0.29) is 24.5 Å². The monoisotopic (exact) mass is 349 g/mol. The zero-order valence-corrected chi connectivity index (χ0v) is 14.7. The number of amides is 3. The smallest absolute Gasteiger partial charge is 0.324 e. The SMILES string of the molecule is O=C1CNC(=O)N1CCN1CCc2ccccc2[C@H]1Cc1ccccc1. The van der Waals surface area contributed by atoms with Gasteiger partial charge in [-0.25, -0.2) is 4.79 Å². The van der Waals surface area contributed by atoms with Crippen LogP contribution in [0.2, 0.25) is 0 Å². The number of hydrogen-bond donors (Lipinski definition) is 1. The topological polar surface area (TPSA) is 52.7 Å². The van der Waals surface area contributed by atoms with E-state index < -0.39 is 0 Å². The Labute approximate surface area is 153 Å². The van der Waals surface area contributed by atoms with Crippen LogP contribution < -0.4 is 5.32 Å². The number of urea groups is 1. The summed E-state index contributed by atoms with van der Waals surface area (Å²) in [6, 6.07) is 19.1. The van der Waals surface area contributed by atoms with Crippen molar-refractivity contribution in [3.63, 3.8) is 0 Å². The van der Waals surface area contributed by atoms with E-state index in [1.54, 1.807) is 0 Å². The summed E-state index contributed by atoms with van der Waals surface area (Å²) in [5, 5.41) is 2.59. The van der Waals surface area contributed by atoms with Gasteiger partial charge in [-0.2, -0.15) is 0 Å². The summed E-state index contributed by atoms with van der Waals surface area (Å²) in [5.41, 5.74) is 4.06. The number of imide groups is 1. The van der Waals surface area contributed by atoms with Crippen LogP contribution in [0.25, 0.3) is 0 Å². The van der Waals surface area contributed by atoms with Crippen molar-refractivity contribution in [2.45, 2.75) is 18.9 Å². The molecule has 0 spiro atoms. The minimum atomic E-state index is -0.271. The molecule has 5 heteroatoms. The molecular weight excluding hydrogens is 326 g/mol. The molecule has 0 bridgehead atoms. The minimum Gasteiger partial charge on any atom is -0.329 e. The number of carbonyl (C=O) groups is 2. The van der Waals surface area contributed by atoms with Crippen LogP contribution in [-0.4, -0.2) is 47.9 Å². The van der Waals surface area contributed by atoms with Crippen molar-refractivity contribution in [3.05, 3.63) is 71.3 Å². The van der Waals surface area contributed by atoms with Crippen molar-refractivity contribution in [3.8, 4) is 0 Å². The quantitative estimate of drug-likeness (QED) is 0.844. The van der Waals surface area contributed by atoms with Crippen LogP contribution in [0.15, 0.2) is 54.6 Å². The predicted molar refractivity (Wildman–Crippen MR) is 99.7 cm³/mol. The third kappa shape index (κ3) is 3.35.